The van der Waals surface area contributed by atoms with Gasteiger partial charge < -0.3 is 14.1 Å². The highest BCUT2D eigenvalue weighted by atomic mass is 16.4. The van der Waals surface area contributed by atoms with Crippen molar-refractivity contribution in [2.45, 2.75) is 27.3 Å². The van der Waals surface area contributed by atoms with Gasteiger partial charge in [0, 0.05) is 11.8 Å². The van der Waals surface area contributed by atoms with Crippen LogP contribution in [0.1, 0.15) is 33.1 Å². The van der Waals surface area contributed by atoms with Crippen molar-refractivity contribution in [3.8, 4) is 0 Å². The van der Waals surface area contributed by atoms with Crippen LogP contribution in [0.3, 0.4) is 0 Å². The number of hydrogen-bond donors (Lipinski definition) is 1. The topological polar surface area (TPSA) is 72.4 Å². The van der Waals surface area contributed by atoms with Gasteiger partial charge >= 0.3 is 5.97 Å². The summed E-state index contributed by atoms with van der Waals surface area (Å²) in [6.07, 6.45) is 0. The Balaban J connectivity index is 2.54. The summed E-state index contributed by atoms with van der Waals surface area (Å²) >= 11 is 0. The second-order valence-electron chi connectivity index (χ2n) is 4.53. The molecule has 0 aromatic carbocycles. The summed E-state index contributed by atoms with van der Waals surface area (Å²) < 4.78 is 6.83. The van der Waals surface area contributed by atoms with Gasteiger partial charge in [-0.05, 0) is 38.5 Å². The number of hydrogen-bond acceptors (Lipinski definition) is 3. The number of nitrogens with zero attached hydrogens (tertiary/aromatic N) is 1. The van der Waals surface area contributed by atoms with E-state index in [1.807, 2.05) is 13.0 Å². The zero-order chi connectivity index (χ0) is 14.2. The quantitative estimate of drug-likeness (QED) is 0.918. The largest absolute Gasteiger partial charge is 0.478 e. The van der Waals surface area contributed by atoms with E-state index in [-0.39, 0.29) is 17.7 Å². The molecule has 2 rings (SSSR count). The molecule has 0 unspecified atom stereocenters. The molecule has 0 saturated carbocycles. The van der Waals surface area contributed by atoms with E-state index in [4.69, 9.17) is 4.42 Å². The van der Waals surface area contributed by atoms with Crippen LogP contribution < -0.4 is 5.56 Å². The molecule has 0 aliphatic heterocycles. The van der Waals surface area contributed by atoms with E-state index in [9.17, 15) is 14.7 Å². The number of aryl methyl sites for hydroxylation is 2. The van der Waals surface area contributed by atoms with Crippen molar-refractivity contribution >= 4 is 5.97 Å². The summed E-state index contributed by atoms with van der Waals surface area (Å²) in [4.78, 5) is 23.2. The summed E-state index contributed by atoms with van der Waals surface area (Å²) in [5.41, 5.74) is 0.852. The first-order valence-corrected chi connectivity index (χ1v) is 5.90. The monoisotopic (exact) mass is 261 g/mol. The highest BCUT2D eigenvalue weighted by Crippen LogP contribution is 2.14. The van der Waals surface area contributed by atoms with Crippen molar-refractivity contribution in [2.24, 2.45) is 0 Å². The van der Waals surface area contributed by atoms with Crippen molar-refractivity contribution in [2.75, 3.05) is 0 Å². The maximum atomic E-state index is 12.0. The minimum atomic E-state index is -1.03. The molecule has 19 heavy (non-hydrogen) atoms. The van der Waals surface area contributed by atoms with Gasteiger partial charge in [0.25, 0.3) is 5.56 Å². The third-order valence-electron chi connectivity index (χ3n) is 3.09. The van der Waals surface area contributed by atoms with Crippen LogP contribution >= 0.6 is 0 Å². The third-order valence-corrected chi connectivity index (χ3v) is 3.09. The van der Waals surface area contributed by atoms with Gasteiger partial charge in [-0.25, -0.2) is 4.79 Å². The Hall–Kier alpha value is -2.30. The zero-order valence-electron chi connectivity index (χ0n) is 11.1. The molecule has 5 heteroatoms. The molecule has 0 spiro atoms. The number of rotatable bonds is 3. The summed E-state index contributed by atoms with van der Waals surface area (Å²) in [6.45, 7) is 5.31. The van der Waals surface area contributed by atoms with Crippen molar-refractivity contribution in [1.29, 1.82) is 0 Å². The second-order valence-corrected chi connectivity index (χ2v) is 4.53. The Morgan fingerprint density at radius 2 is 2.00 bits per heavy atom. The van der Waals surface area contributed by atoms with Crippen molar-refractivity contribution in [3.63, 3.8) is 0 Å². The van der Waals surface area contributed by atoms with Crippen molar-refractivity contribution in [3.05, 3.63) is 56.9 Å². The Kier molecular flexibility index (Phi) is 3.29. The van der Waals surface area contributed by atoms with Crippen molar-refractivity contribution < 1.29 is 14.3 Å². The molecule has 0 bridgehead atoms. The van der Waals surface area contributed by atoms with E-state index in [0.717, 1.165) is 5.76 Å². The van der Waals surface area contributed by atoms with Crippen LogP contribution in [0.15, 0.2) is 27.4 Å². The van der Waals surface area contributed by atoms with E-state index >= 15 is 0 Å². The maximum Gasteiger partial charge on any atom is 0.337 e. The number of pyridine rings is 1. The minimum Gasteiger partial charge on any atom is -0.478 e. The third kappa shape index (κ3) is 2.45. The standard InChI is InChI=1S/C14H15NO4/c1-8-6-12(16)15(10(3)13(8)14(17)18)7-11-5-4-9(2)19-11/h4-6H,7H2,1-3H3,(H,17,18). The average Bonchev–Trinajstić information content (AvgIpc) is 2.69. The number of carboxylic acid groups (broad SMARTS) is 1. The molecule has 100 valence electrons. The van der Waals surface area contributed by atoms with E-state index in [2.05, 4.69) is 0 Å². The lowest BCUT2D eigenvalue weighted by Crippen LogP contribution is -2.25. The predicted molar refractivity (Wildman–Crippen MR) is 69.7 cm³/mol. The van der Waals surface area contributed by atoms with E-state index in [1.54, 1.807) is 19.9 Å². The van der Waals surface area contributed by atoms with Gasteiger partial charge in [-0.1, -0.05) is 0 Å². The van der Waals surface area contributed by atoms with Crippen LogP contribution in [0, 0.1) is 20.8 Å². The average molecular weight is 261 g/mol. The van der Waals surface area contributed by atoms with Gasteiger partial charge in [-0.3, -0.25) is 4.79 Å². The fraction of sp³-hybridized carbons (Fsp3) is 0.286. The Morgan fingerprint density at radius 3 is 2.53 bits per heavy atom. The van der Waals surface area contributed by atoms with E-state index in [1.165, 1.54) is 10.6 Å². The molecule has 5 nitrogen and oxygen atoms in total. The van der Waals surface area contributed by atoms with Crippen LogP contribution in [0.25, 0.3) is 0 Å². The lowest BCUT2D eigenvalue weighted by molar-refractivity contribution is 0.0694. The van der Waals surface area contributed by atoms with Crippen LogP contribution in [-0.4, -0.2) is 15.6 Å². The normalized spacial score (nSPS) is 10.7. The Bertz CT molecular complexity index is 694. The molecule has 0 aliphatic carbocycles. The predicted octanol–water partition coefficient (Wildman–Crippen LogP) is 2.11. The SMILES string of the molecule is Cc1ccc(Cn2c(C)c(C(=O)O)c(C)cc2=O)o1. The number of aromatic carboxylic acids is 1. The first-order valence-electron chi connectivity index (χ1n) is 5.90. The fourth-order valence-corrected chi connectivity index (χ4v) is 2.17. The van der Waals surface area contributed by atoms with Crippen molar-refractivity contribution in [1.82, 2.24) is 4.57 Å². The number of furan rings is 1. The molecule has 0 aliphatic rings. The van der Waals surface area contributed by atoms with Crippen LogP contribution in [0.2, 0.25) is 0 Å². The van der Waals surface area contributed by atoms with E-state index in [0.29, 0.717) is 17.0 Å². The molecular formula is C14H15NO4. The first-order chi connectivity index (χ1) is 8.90. The lowest BCUT2D eigenvalue weighted by atomic mass is 10.1. The zero-order valence-corrected chi connectivity index (χ0v) is 11.1. The molecule has 0 radical (unpaired) electrons. The Labute approximate surface area is 110 Å². The second kappa shape index (κ2) is 4.76. The van der Waals surface area contributed by atoms with Gasteiger partial charge in [0.2, 0.25) is 0 Å². The lowest BCUT2D eigenvalue weighted by Gasteiger charge is -2.12. The van der Waals surface area contributed by atoms with Crippen LogP contribution in [0.4, 0.5) is 0 Å². The Morgan fingerprint density at radius 1 is 1.32 bits per heavy atom. The van der Waals surface area contributed by atoms with Crippen LogP contribution in [-0.2, 0) is 6.54 Å². The highest BCUT2D eigenvalue weighted by Gasteiger charge is 2.16. The number of carboxylic acids is 1. The number of carbonyl (C=O) groups is 1. The molecule has 0 atom stereocenters. The first kappa shape index (κ1) is 13.1. The van der Waals surface area contributed by atoms with Gasteiger partial charge in [0.15, 0.2) is 0 Å². The molecule has 0 amide bonds. The maximum absolute atomic E-state index is 12.0. The van der Waals surface area contributed by atoms with E-state index < -0.39 is 5.97 Å². The molecule has 2 aromatic heterocycles. The molecule has 0 saturated heterocycles. The summed E-state index contributed by atoms with van der Waals surface area (Å²) in [5, 5.41) is 9.19. The summed E-state index contributed by atoms with van der Waals surface area (Å²) in [5.74, 6) is 0.355. The fourth-order valence-electron chi connectivity index (χ4n) is 2.17. The van der Waals surface area contributed by atoms with Gasteiger partial charge in [-0.2, -0.15) is 0 Å². The van der Waals surface area contributed by atoms with Crippen LogP contribution in [0.5, 0.6) is 0 Å². The van der Waals surface area contributed by atoms with Gasteiger partial charge in [0.05, 0.1) is 12.1 Å². The molecule has 1 N–H and O–H groups in total. The van der Waals surface area contributed by atoms with Gasteiger partial charge in [0.1, 0.15) is 11.5 Å². The molecule has 2 aromatic rings. The molecule has 2 heterocycles. The number of aromatic nitrogens is 1. The minimum absolute atomic E-state index is 0.169. The molecular weight excluding hydrogens is 246 g/mol. The summed E-state index contributed by atoms with van der Waals surface area (Å²) in [6, 6.07) is 4.93. The smallest absolute Gasteiger partial charge is 0.337 e. The van der Waals surface area contributed by atoms with Gasteiger partial charge in [-0.15, -0.1) is 0 Å². The summed E-state index contributed by atoms with van der Waals surface area (Å²) in [7, 11) is 0. The molecule has 0 fully saturated rings. The highest BCUT2D eigenvalue weighted by molar-refractivity contribution is 5.90.